The fourth-order valence-corrected chi connectivity index (χ4v) is 3.25. The highest BCUT2D eigenvalue weighted by atomic mass is 32.1. The molecule has 0 saturated carbocycles. The minimum atomic E-state index is -0.387. The molecule has 1 unspecified atom stereocenters. The molecule has 0 radical (unpaired) electrons. The first-order valence-corrected chi connectivity index (χ1v) is 7.07. The monoisotopic (exact) mass is 286 g/mol. The summed E-state index contributed by atoms with van der Waals surface area (Å²) in [6, 6.07) is 6.96. The van der Waals surface area contributed by atoms with Crippen LogP contribution >= 0.6 is 11.4 Å². The Hall–Kier alpha value is -2.05. The lowest BCUT2D eigenvalue weighted by molar-refractivity contribution is -0.110. The van der Waals surface area contributed by atoms with Crippen molar-refractivity contribution in [3.63, 3.8) is 0 Å². The summed E-state index contributed by atoms with van der Waals surface area (Å²) in [4.78, 5) is 21.3. The Morgan fingerprint density at radius 1 is 1.30 bits per heavy atom. The quantitative estimate of drug-likeness (QED) is 0.576. The number of hydrogen-bond acceptors (Lipinski definition) is 4. The number of pyridine rings is 2. The molecule has 0 aliphatic carbocycles. The molecule has 3 rings (SSSR count). The van der Waals surface area contributed by atoms with Gasteiger partial charge in [-0.25, -0.2) is 4.98 Å². The summed E-state index contributed by atoms with van der Waals surface area (Å²) in [5, 5.41) is 3.71. The van der Waals surface area contributed by atoms with Crippen molar-refractivity contribution < 1.29 is 4.79 Å². The molecule has 2 aromatic heterocycles. The van der Waals surface area contributed by atoms with Crippen molar-refractivity contribution in [1.29, 1.82) is 0 Å². The van der Waals surface area contributed by atoms with Gasteiger partial charge in [0.05, 0.1) is 15.9 Å². The molecule has 102 valence electrons. The first-order chi connectivity index (χ1) is 9.65. The molecule has 5 nitrogen and oxygen atoms in total. The standard InChI is InChI=1S/C14H14N4OS/c1-8-2-3-10-11(15)12(20-14(10)17-8)13(19)18-9-4-6-16-7-5-9/h2-7,11,20H,15H2,1H3,(H,16,18,19). The molecule has 3 heterocycles. The minimum absolute atomic E-state index is 0.166. The summed E-state index contributed by atoms with van der Waals surface area (Å²) >= 11 is 0.786. The average Bonchev–Trinajstić information content (AvgIpc) is 2.76. The molecule has 1 aliphatic rings. The van der Waals surface area contributed by atoms with E-state index in [1.54, 1.807) is 24.5 Å². The van der Waals surface area contributed by atoms with E-state index in [1.807, 2.05) is 19.1 Å². The highest BCUT2D eigenvalue weighted by Gasteiger charge is 2.27. The summed E-state index contributed by atoms with van der Waals surface area (Å²) in [5.74, 6) is -0.166. The van der Waals surface area contributed by atoms with Crippen LogP contribution in [0.4, 0.5) is 5.69 Å². The summed E-state index contributed by atoms with van der Waals surface area (Å²) in [6.45, 7) is 1.93. The fraction of sp³-hybridized carbons (Fsp3) is 0.143. The van der Waals surface area contributed by atoms with Gasteiger partial charge in [-0.3, -0.25) is 9.78 Å². The zero-order chi connectivity index (χ0) is 14.1. The summed E-state index contributed by atoms with van der Waals surface area (Å²) in [5.41, 5.74) is 8.70. The van der Waals surface area contributed by atoms with Gasteiger partial charge in [0.25, 0.3) is 5.91 Å². The van der Waals surface area contributed by atoms with Crippen molar-refractivity contribution in [3.05, 3.63) is 47.9 Å². The van der Waals surface area contributed by atoms with E-state index >= 15 is 0 Å². The highest BCUT2D eigenvalue weighted by Crippen LogP contribution is 2.31. The van der Waals surface area contributed by atoms with Crippen LogP contribution in [0.25, 0.3) is 0 Å². The minimum Gasteiger partial charge on any atom is -0.322 e. The van der Waals surface area contributed by atoms with Gasteiger partial charge in [0.15, 0.2) is 0 Å². The Labute approximate surface area is 120 Å². The molecule has 1 amide bonds. The van der Waals surface area contributed by atoms with E-state index in [0.717, 1.165) is 27.6 Å². The lowest BCUT2D eigenvalue weighted by Gasteiger charge is -2.10. The van der Waals surface area contributed by atoms with Crippen molar-refractivity contribution >= 4 is 27.8 Å². The predicted octanol–water partition coefficient (Wildman–Crippen LogP) is 1.43. The van der Waals surface area contributed by atoms with E-state index in [1.165, 1.54) is 0 Å². The zero-order valence-electron chi connectivity index (χ0n) is 10.9. The summed E-state index contributed by atoms with van der Waals surface area (Å²) in [7, 11) is 0. The molecule has 0 fully saturated rings. The van der Waals surface area contributed by atoms with E-state index in [2.05, 4.69) is 15.3 Å². The van der Waals surface area contributed by atoms with Gasteiger partial charge in [-0.15, -0.1) is 11.4 Å². The lowest BCUT2D eigenvalue weighted by atomic mass is 10.1. The van der Waals surface area contributed by atoms with Gasteiger partial charge >= 0.3 is 0 Å². The van der Waals surface area contributed by atoms with Crippen LogP contribution < -0.4 is 11.1 Å². The predicted molar refractivity (Wildman–Crippen MR) is 81.0 cm³/mol. The third-order valence-corrected chi connectivity index (χ3v) is 4.36. The molecule has 0 aromatic carbocycles. The van der Waals surface area contributed by atoms with Crippen LogP contribution in [0.1, 0.15) is 17.3 Å². The number of nitrogens with zero attached hydrogens (tertiary/aromatic N) is 2. The van der Waals surface area contributed by atoms with Gasteiger partial charge in [0.1, 0.15) is 0 Å². The van der Waals surface area contributed by atoms with Crippen LogP contribution in [-0.4, -0.2) is 20.7 Å². The van der Waals surface area contributed by atoms with Gasteiger partial charge < -0.3 is 11.1 Å². The van der Waals surface area contributed by atoms with Crippen LogP contribution in [0.2, 0.25) is 0 Å². The van der Waals surface area contributed by atoms with E-state index in [9.17, 15) is 4.79 Å². The van der Waals surface area contributed by atoms with E-state index < -0.39 is 0 Å². The topological polar surface area (TPSA) is 80.9 Å². The Morgan fingerprint density at radius 2 is 2.05 bits per heavy atom. The van der Waals surface area contributed by atoms with E-state index in [4.69, 9.17) is 5.73 Å². The van der Waals surface area contributed by atoms with Gasteiger partial charge in [0.2, 0.25) is 0 Å². The van der Waals surface area contributed by atoms with Crippen LogP contribution in [-0.2, 0) is 4.79 Å². The Bertz CT molecular complexity index is 700. The Balaban J connectivity index is 1.85. The number of aromatic nitrogens is 2. The first-order valence-electron chi connectivity index (χ1n) is 6.18. The smallest absolute Gasteiger partial charge is 0.259 e. The maximum Gasteiger partial charge on any atom is 0.259 e. The van der Waals surface area contributed by atoms with Crippen LogP contribution in [0.15, 0.2) is 41.7 Å². The zero-order valence-corrected chi connectivity index (χ0v) is 11.8. The van der Waals surface area contributed by atoms with E-state index in [0.29, 0.717) is 10.6 Å². The normalized spacial score (nSPS) is 16.9. The maximum absolute atomic E-state index is 12.3. The largest absolute Gasteiger partial charge is 0.322 e. The molecule has 0 bridgehead atoms. The molecule has 0 spiro atoms. The number of amides is 1. The number of rotatable bonds is 2. The third kappa shape index (κ3) is 2.35. The molecular weight excluding hydrogens is 272 g/mol. The number of nitrogens with one attached hydrogen (secondary N) is 1. The highest BCUT2D eigenvalue weighted by molar-refractivity contribution is 8.00. The molecule has 0 saturated heterocycles. The SMILES string of the molecule is Cc1ccc2c(n1)[SH]=C(C(=O)Nc1ccncc1)C2N. The van der Waals surface area contributed by atoms with E-state index in [-0.39, 0.29) is 11.9 Å². The number of hydrogen-bond donors (Lipinski definition) is 3. The number of carbonyl (C=O) groups is 1. The molecule has 2 aromatic rings. The van der Waals surface area contributed by atoms with Gasteiger partial charge in [-0.1, -0.05) is 6.07 Å². The molecule has 1 atom stereocenters. The second-order valence-electron chi connectivity index (χ2n) is 4.53. The molecule has 20 heavy (non-hydrogen) atoms. The van der Waals surface area contributed by atoms with Crippen LogP contribution in [0, 0.1) is 6.92 Å². The summed E-state index contributed by atoms with van der Waals surface area (Å²) < 4.78 is 0. The first kappa shape index (κ1) is 13.0. The van der Waals surface area contributed by atoms with Crippen molar-refractivity contribution in [3.8, 4) is 0 Å². The number of nitrogens with two attached hydrogens (primary N) is 1. The van der Waals surface area contributed by atoms with Crippen molar-refractivity contribution in [1.82, 2.24) is 9.97 Å². The number of anilines is 1. The second kappa shape index (κ2) is 5.15. The number of aryl methyl sites for hydroxylation is 1. The van der Waals surface area contributed by atoms with Crippen LogP contribution in [0.3, 0.4) is 0 Å². The molecule has 3 N–H and O–H groups in total. The maximum atomic E-state index is 12.3. The van der Waals surface area contributed by atoms with Crippen LogP contribution in [0.5, 0.6) is 0 Å². The number of fused-ring (bicyclic) bond motifs is 1. The fourth-order valence-electron chi connectivity index (χ4n) is 2.04. The van der Waals surface area contributed by atoms with Crippen molar-refractivity contribution in [2.24, 2.45) is 5.73 Å². The Kier molecular flexibility index (Phi) is 3.33. The van der Waals surface area contributed by atoms with Crippen molar-refractivity contribution in [2.75, 3.05) is 5.32 Å². The second-order valence-corrected chi connectivity index (χ2v) is 5.66. The Morgan fingerprint density at radius 3 is 2.80 bits per heavy atom. The third-order valence-electron chi connectivity index (χ3n) is 3.07. The lowest BCUT2D eigenvalue weighted by Crippen LogP contribution is -2.30. The number of carbonyl (C=O) groups excluding carboxylic acids is 1. The van der Waals surface area contributed by atoms with Gasteiger partial charge in [-0.05, 0) is 25.1 Å². The molecule has 1 aliphatic heterocycles. The number of thiol groups is 1. The van der Waals surface area contributed by atoms with Gasteiger partial charge in [-0.2, -0.15) is 0 Å². The summed E-state index contributed by atoms with van der Waals surface area (Å²) in [6.07, 6.45) is 3.26. The average molecular weight is 286 g/mol. The molecule has 6 heteroatoms. The molecular formula is C14H14N4OS. The van der Waals surface area contributed by atoms with Gasteiger partial charge in [0, 0.05) is 29.3 Å². The van der Waals surface area contributed by atoms with Crippen molar-refractivity contribution in [2.45, 2.75) is 18.0 Å².